The lowest BCUT2D eigenvalue weighted by atomic mass is 9.91. The maximum Gasteiger partial charge on any atom is 0.416 e. The predicted octanol–water partition coefficient (Wildman–Crippen LogP) is 6.90. The number of esters is 1. The van der Waals surface area contributed by atoms with Crippen molar-refractivity contribution < 1.29 is 37.0 Å². The summed E-state index contributed by atoms with van der Waals surface area (Å²) in [6, 6.07) is 15.3. The molecule has 0 spiro atoms. The van der Waals surface area contributed by atoms with E-state index in [9.17, 15) is 27.9 Å². The number of nitrogens with one attached hydrogen (secondary N) is 1. The molecule has 0 bridgehead atoms. The van der Waals surface area contributed by atoms with E-state index < -0.39 is 17.7 Å². The van der Waals surface area contributed by atoms with E-state index in [1.54, 1.807) is 48.1 Å². The Labute approximate surface area is 262 Å². The second-order valence-electron chi connectivity index (χ2n) is 11.1. The molecule has 0 saturated carbocycles. The molecule has 3 aromatic heterocycles. The summed E-state index contributed by atoms with van der Waals surface area (Å²) in [5, 5.41) is 14.7. The standard InChI is InChI=1S/C35H32F3N3O5/c1-2-45-34(44)29-26(15-12-21-10-13-24(14-11-21)35(36,37)38)40-31-27-9-4-18-41(27)33(43)30(31)28(29)22-6-3-7-23(20-22)32(42)39-17-16-25-8-5-19-46-25/h3,5-8,10-11,13-14,19-20,43H,2,4,9,12,15-18H2,1H3,(H,39,42). The van der Waals surface area contributed by atoms with Crippen LogP contribution in [0.3, 0.4) is 0 Å². The molecule has 1 aliphatic rings. The first kappa shape index (κ1) is 30.9. The third-order valence-corrected chi connectivity index (χ3v) is 8.21. The van der Waals surface area contributed by atoms with E-state index in [0.29, 0.717) is 71.2 Å². The maximum atomic E-state index is 13.7. The molecular formula is C35H32F3N3O5. The Kier molecular flexibility index (Phi) is 8.57. The number of ether oxygens (including phenoxy) is 1. The number of nitrogens with zero attached hydrogens (tertiary/aromatic N) is 2. The molecule has 2 aromatic carbocycles. The van der Waals surface area contributed by atoms with Gasteiger partial charge in [-0.1, -0.05) is 24.3 Å². The van der Waals surface area contributed by atoms with Crippen LogP contribution in [-0.4, -0.2) is 39.7 Å². The average molecular weight is 632 g/mol. The molecule has 5 aromatic rings. The molecule has 0 aliphatic carbocycles. The van der Waals surface area contributed by atoms with Crippen molar-refractivity contribution in [3.63, 3.8) is 0 Å². The number of carbonyl (C=O) groups is 2. The number of benzene rings is 2. The minimum absolute atomic E-state index is 0.0156. The van der Waals surface area contributed by atoms with Crippen LogP contribution in [0.5, 0.6) is 5.88 Å². The zero-order chi connectivity index (χ0) is 32.4. The van der Waals surface area contributed by atoms with E-state index in [4.69, 9.17) is 14.1 Å². The number of rotatable bonds is 10. The summed E-state index contributed by atoms with van der Waals surface area (Å²) in [5.41, 5.74) is 3.11. The Morgan fingerprint density at radius 3 is 2.59 bits per heavy atom. The second kappa shape index (κ2) is 12.7. The molecule has 0 atom stereocenters. The van der Waals surface area contributed by atoms with E-state index in [1.807, 2.05) is 6.07 Å². The average Bonchev–Trinajstić information content (AvgIpc) is 3.80. The minimum Gasteiger partial charge on any atom is -0.494 e. The number of hydrogen-bond donors (Lipinski definition) is 2. The third kappa shape index (κ3) is 6.09. The molecule has 4 heterocycles. The van der Waals surface area contributed by atoms with Crippen LogP contribution in [0.4, 0.5) is 13.2 Å². The summed E-state index contributed by atoms with van der Waals surface area (Å²) in [5.74, 6) is -0.234. The molecule has 0 unspecified atom stereocenters. The van der Waals surface area contributed by atoms with Gasteiger partial charge in [0.1, 0.15) is 5.76 Å². The highest BCUT2D eigenvalue weighted by Gasteiger charge is 2.32. The number of aromatic hydroxyl groups is 1. The smallest absolute Gasteiger partial charge is 0.416 e. The number of aryl methyl sites for hydroxylation is 3. The Hall–Kier alpha value is -5.06. The monoisotopic (exact) mass is 631 g/mol. The van der Waals surface area contributed by atoms with Crippen LogP contribution < -0.4 is 5.32 Å². The van der Waals surface area contributed by atoms with Gasteiger partial charge in [0.25, 0.3) is 5.91 Å². The van der Waals surface area contributed by atoms with Gasteiger partial charge in [0, 0.05) is 36.3 Å². The van der Waals surface area contributed by atoms with Gasteiger partial charge in [-0.2, -0.15) is 13.2 Å². The Morgan fingerprint density at radius 2 is 1.87 bits per heavy atom. The van der Waals surface area contributed by atoms with Gasteiger partial charge in [-0.05, 0) is 80.1 Å². The molecule has 8 nitrogen and oxygen atoms in total. The molecule has 6 rings (SSSR count). The SMILES string of the molecule is CCOC(=O)c1c(CCc2ccc(C(F)(F)F)cc2)nc2c3n(c(O)c2c1-c1cccc(C(=O)NCCc2ccco2)c1)CCC3. The Morgan fingerprint density at radius 1 is 1.07 bits per heavy atom. The number of furan rings is 1. The van der Waals surface area contributed by atoms with E-state index >= 15 is 0 Å². The van der Waals surface area contributed by atoms with Crippen molar-refractivity contribution in [1.82, 2.24) is 14.9 Å². The van der Waals surface area contributed by atoms with Crippen LogP contribution in [0.1, 0.15) is 62.3 Å². The summed E-state index contributed by atoms with van der Waals surface area (Å²) in [4.78, 5) is 31.7. The zero-order valence-electron chi connectivity index (χ0n) is 25.1. The van der Waals surface area contributed by atoms with Crippen molar-refractivity contribution >= 4 is 22.8 Å². The fourth-order valence-corrected chi connectivity index (χ4v) is 6.04. The van der Waals surface area contributed by atoms with E-state index in [-0.39, 0.29) is 30.4 Å². The second-order valence-corrected chi connectivity index (χ2v) is 11.1. The van der Waals surface area contributed by atoms with Crippen molar-refractivity contribution in [2.24, 2.45) is 0 Å². The number of amides is 1. The highest BCUT2D eigenvalue weighted by atomic mass is 19.4. The number of carbonyl (C=O) groups excluding carboxylic acids is 2. The van der Waals surface area contributed by atoms with Crippen molar-refractivity contribution in [1.29, 1.82) is 0 Å². The number of hydrogen-bond acceptors (Lipinski definition) is 6. The summed E-state index contributed by atoms with van der Waals surface area (Å²) < 4.78 is 52.0. The first-order chi connectivity index (χ1) is 22.2. The van der Waals surface area contributed by atoms with Crippen molar-refractivity contribution in [3.05, 3.63) is 106 Å². The fraction of sp³-hybridized carbons (Fsp3) is 0.286. The lowest BCUT2D eigenvalue weighted by Gasteiger charge is -2.17. The topological polar surface area (TPSA) is 107 Å². The number of aromatic nitrogens is 2. The summed E-state index contributed by atoms with van der Waals surface area (Å²) in [7, 11) is 0. The van der Waals surface area contributed by atoms with E-state index in [2.05, 4.69) is 5.32 Å². The Balaban J connectivity index is 1.43. The first-order valence-corrected chi connectivity index (χ1v) is 15.2. The van der Waals surface area contributed by atoms with Crippen LogP contribution in [0.2, 0.25) is 0 Å². The van der Waals surface area contributed by atoms with E-state index in [0.717, 1.165) is 30.0 Å². The molecule has 238 valence electrons. The molecule has 1 aliphatic heterocycles. The van der Waals surface area contributed by atoms with Crippen molar-refractivity contribution in [2.45, 2.75) is 51.7 Å². The van der Waals surface area contributed by atoms with Crippen LogP contribution in [0, 0.1) is 0 Å². The number of pyridine rings is 1. The van der Waals surface area contributed by atoms with Gasteiger partial charge in [0.05, 0.1) is 40.6 Å². The quantitative estimate of drug-likeness (QED) is 0.163. The van der Waals surface area contributed by atoms with Crippen LogP contribution in [0.15, 0.2) is 71.3 Å². The fourth-order valence-electron chi connectivity index (χ4n) is 6.04. The minimum atomic E-state index is -4.44. The van der Waals surface area contributed by atoms with Gasteiger partial charge in [-0.25, -0.2) is 9.78 Å². The molecule has 0 radical (unpaired) electrons. The van der Waals surface area contributed by atoms with Gasteiger partial charge < -0.3 is 24.1 Å². The molecular weight excluding hydrogens is 599 g/mol. The molecule has 2 N–H and O–H groups in total. The number of fused-ring (bicyclic) bond motifs is 3. The molecule has 0 fully saturated rings. The lowest BCUT2D eigenvalue weighted by molar-refractivity contribution is -0.137. The summed E-state index contributed by atoms with van der Waals surface area (Å²) in [6.07, 6.45) is -0.322. The number of halogens is 3. The lowest BCUT2D eigenvalue weighted by Crippen LogP contribution is -2.25. The normalized spacial score (nSPS) is 12.8. The maximum absolute atomic E-state index is 13.7. The zero-order valence-corrected chi connectivity index (χ0v) is 25.1. The van der Waals surface area contributed by atoms with E-state index in [1.165, 1.54) is 12.1 Å². The van der Waals surface area contributed by atoms with Gasteiger partial charge in [-0.3, -0.25) is 4.79 Å². The van der Waals surface area contributed by atoms with Gasteiger partial charge in [0.15, 0.2) is 0 Å². The Bertz CT molecular complexity index is 1890. The molecule has 0 saturated heterocycles. The predicted molar refractivity (Wildman–Crippen MR) is 165 cm³/mol. The highest BCUT2D eigenvalue weighted by molar-refractivity contribution is 6.11. The summed E-state index contributed by atoms with van der Waals surface area (Å²) >= 11 is 0. The number of alkyl halides is 3. The van der Waals surface area contributed by atoms with Gasteiger partial charge in [0.2, 0.25) is 5.88 Å². The third-order valence-electron chi connectivity index (χ3n) is 8.21. The molecule has 11 heteroatoms. The van der Waals surface area contributed by atoms with Gasteiger partial charge in [-0.15, -0.1) is 0 Å². The summed E-state index contributed by atoms with van der Waals surface area (Å²) in [6.45, 7) is 2.71. The van der Waals surface area contributed by atoms with Crippen molar-refractivity contribution in [3.8, 4) is 17.0 Å². The largest absolute Gasteiger partial charge is 0.494 e. The highest BCUT2D eigenvalue weighted by Crippen LogP contribution is 2.44. The van der Waals surface area contributed by atoms with Gasteiger partial charge >= 0.3 is 12.1 Å². The van der Waals surface area contributed by atoms with Crippen LogP contribution >= 0.6 is 0 Å². The first-order valence-electron chi connectivity index (χ1n) is 15.2. The van der Waals surface area contributed by atoms with Crippen LogP contribution in [0.25, 0.3) is 22.0 Å². The molecule has 46 heavy (non-hydrogen) atoms. The molecule has 1 amide bonds. The van der Waals surface area contributed by atoms with Crippen LogP contribution in [-0.2, 0) is 43.1 Å². The van der Waals surface area contributed by atoms with Crippen molar-refractivity contribution in [2.75, 3.05) is 13.2 Å².